The van der Waals surface area contributed by atoms with Gasteiger partial charge >= 0.3 is 5.97 Å². The zero-order valence-electron chi connectivity index (χ0n) is 14.4. The largest absolute Gasteiger partial charge is 0.481 e. The number of aryl methyl sites for hydroxylation is 1. The van der Waals surface area contributed by atoms with Crippen molar-refractivity contribution in [3.05, 3.63) is 40.5 Å². The fourth-order valence-electron chi connectivity index (χ4n) is 3.60. The van der Waals surface area contributed by atoms with E-state index in [1.807, 2.05) is 13.8 Å². The number of rotatable bonds is 3. The lowest BCUT2D eigenvalue weighted by molar-refractivity contribution is -0.152. The highest BCUT2D eigenvalue weighted by molar-refractivity contribution is 6.31. The smallest absolute Gasteiger partial charge is 0.311 e. The minimum Gasteiger partial charge on any atom is -0.481 e. The second-order valence-corrected chi connectivity index (χ2v) is 7.18. The Morgan fingerprint density at radius 3 is 2.80 bits per heavy atom. The summed E-state index contributed by atoms with van der Waals surface area (Å²) in [7, 11) is 0. The molecule has 1 aromatic heterocycles. The van der Waals surface area contributed by atoms with Crippen LogP contribution in [0.2, 0.25) is 5.02 Å². The Balaban J connectivity index is 2.01. The lowest BCUT2D eigenvalue weighted by Crippen LogP contribution is -2.49. The number of halogens is 1. The van der Waals surface area contributed by atoms with E-state index < -0.39 is 11.4 Å². The molecule has 5 nitrogen and oxygen atoms in total. The van der Waals surface area contributed by atoms with Gasteiger partial charge < -0.3 is 10.0 Å². The highest BCUT2D eigenvalue weighted by Gasteiger charge is 2.42. The van der Waals surface area contributed by atoms with Gasteiger partial charge in [0, 0.05) is 29.2 Å². The summed E-state index contributed by atoms with van der Waals surface area (Å²) in [5.41, 5.74) is 1.11. The number of likely N-dealkylation sites (tertiary alicyclic amines) is 1. The Hall–Kier alpha value is -2.14. The number of carboxylic acid groups (broad SMARTS) is 1. The normalized spacial score (nSPS) is 20.7. The van der Waals surface area contributed by atoms with Crippen molar-refractivity contribution in [1.29, 1.82) is 0 Å². The number of carbonyl (C=O) groups excluding carboxylic acids is 1. The van der Waals surface area contributed by atoms with Gasteiger partial charge in [0.25, 0.3) is 5.91 Å². The number of aromatic nitrogens is 1. The summed E-state index contributed by atoms with van der Waals surface area (Å²) in [6.07, 6.45) is 1.81. The monoisotopic (exact) mass is 360 g/mol. The predicted molar refractivity (Wildman–Crippen MR) is 97.0 cm³/mol. The van der Waals surface area contributed by atoms with Gasteiger partial charge in [-0.15, -0.1) is 0 Å². The molecule has 1 amide bonds. The van der Waals surface area contributed by atoms with E-state index in [-0.39, 0.29) is 12.5 Å². The van der Waals surface area contributed by atoms with Crippen molar-refractivity contribution in [3.8, 4) is 0 Å². The summed E-state index contributed by atoms with van der Waals surface area (Å²) in [4.78, 5) is 31.0. The third kappa shape index (κ3) is 3.21. The zero-order chi connectivity index (χ0) is 18.2. The van der Waals surface area contributed by atoms with E-state index in [0.717, 1.165) is 11.1 Å². The molecular formula is C19H21ClN2O3. The highest BCUT2D eigenvalue weighted by Crippen LogP contribution is 2.35. The average Bonchev–Trinajstić information content (AvgIpc) is 2.59. The summed E-state index contributed by atoms with van der Waals surface area (Å²) in [6, 6.07) is 7.04. The van der Waals surface area contributed by atoms with Gasteiger partial charge in [-0.3, -0.25) is 14.6 Å². The first kappa shape index (κ1) is 17.7. The third-order valence-corrected chi connectivity index (χ3v) is 5.36. The van der Waals surface area contributed by atoms with E-state index in [9.17, 15) is 14.7 Å². The van der Waals surface area contributed by atoms with Crippen LogP contribution < -0.4 is 0 Å². The highest BCUT2D eigenvalue weighted by atomic mass is 35.5. The first-order valence-corrected chi connectivity index (χ1v) is 8.84. The van der Waals surface area contributed by atoms with Crippen LogP contribution in [0.3, 0.4) is 0 Å². The van der Waals surface area contributed by atoms with Gasteiger partial charge in [-0.1, -0.05) is 24.6 Å². The molecular weight excluding hydrogens is 340 g/mol. The van der Waals surface area contributed by atoms with Crippen LogP contribution in [0.15, 0.2) is 24.3 Å². The number of benzene rings is 1. The van der Waals surface area contributed by atoms with Crippen LogP contribution in [0.25, 0.3) is 10.9 Å². The van der Waals surface area contributed by atoms with Crippen molar-refractivity contribution in [2.45, 2.75) is 33.1 Å². The van der Waals surface area contributed by atoms with Crippen LogP contribution in [0.4, 0.5) is 0 Å². The first-order chi connectivity index (χ1) is 11.9. The van der Waals surface area contributed by atoms with E-state index in [1.54, 1.807) is 29.2 Å². The van der Waals surface area contributed by atoms with Gasteiger partial charge in [0.1, 0.15) is 0 Å². The minimum absolute atomic E-state index is 0.142. The SMILES string of the molecule is CC[C@]1(C(=O)O)CCCN(C(=O)c2cc(C)nc3cc(Cl)ccc23)C1. The summed E-state index contributed by atoms with van der Waals surface area (Å²) >= 11 is 6.04. The maximum atomic E-state index is 13.1. The summed E-state index contributed by atoms with van der Waals surface area (Å²) < 4.78 is 0. The molecule has 0 radical (unpaired) electrons. The van der Waals surface area contributed by atoms with Crippen molar-refractivity contribution >= 4 is 34.4 Å². The average molecular weight is 361 g/mol. The van der Waals surface area contributed by atoms with E-state index in [4.69, 9.17) is 11.6 Å². The number of piperidine rings is 1. The standard InChI is InChI=1S/C19H21ClN2O3/c1-3-19(18(24)25)7-4-8-22(11-19)17(23)15-9-12(2)21-16-10-13(20)5-6-14(15)16/h5-6,9-10H,3-4,7-8,11H2,1-2H3,(H,24,25)/t19-/m0/s1. The Bertz CT molecular complexity index is 847. The number of carboxylic acids is 1. The Labute approximate surface area is 151 Å². The number of fused-ring (bicyclic) bond motifs is 1. The van der Waals surface area contributed by atoms with Crippen molar-refractivity contribution < 1.29 is 14.7 Å². The van der Waals surface area contributed by atoms with Crippen LogP contribution in [-0.4, -0.2) is 40.0 Å². The molecule has 3 rings (SSSR count). The van der Waals surface area contributed by atoms with E-state index in [1.165, 1.54) is 0 Å². The molecule has 1 fully saturated rings. The maximum absolute atomic E-state index is 13.1. The molecule has 0 aliphatic carbocycles. The maximum Gasteiger partial charge on any atom is 0.311 e. The lowest BCUT2D eigenvalue weighted by atomic mass is 9.77. The van der Waals surface area contributed by atoms with E-state index in [0.29, 0.717) is 41.9 Å². The molecule has 1 aromatic carbocycles. The lowest BCUT2D eigenvalue weighted by Gasteiger charge is -2.39. The van der Waals surface area contributed by atoms with Crippen LogP contribution in [-0.2, 0) is 4.79 Å². The number of hydrogen-bond acceptors (Lipinski definition) is 3. The number of nitrogens with zero attached hydrogens (tertiary/aromatic N) is 2. The molecule has 0 unspecified atom stereocenters. The molecule has 1 aliphatic heterocycles. The zero-order valence-corrected chi connectivity index (χ0v) is 15.1. The predicted octanol–water partition coefficient (Wildman–Crippen LogP) is 3.91. The summed E-state index contributed by atoms with van der Waals surface area (Å²) in [5.74, 6) is -0.966. The van der Waals surface area contributed by atoms with Gasteiger partial charge in [0.2, 0.25) is 0 Å². The molecule has 2 aromatic rings. The number of hydrogen-bond donors (Lipinski definition) is 1. The fourth-order valence-corrected chi connectivity index (χ4v) is 3.77. The number of pyridine rings is 1. The molecule has 0 saturated carbocycles. The second-order valence-electron chi connectivity index (χ2n) is 6.74. The minimum atomic E-state index is -0.852. The molecule has 2 heterocycles. The van der Waals surface area contributed by atoms with Crippen molar-refractivity contribution in [2.24, 2.45) is 5.41 Å². The van der Waals surface area contributed by atoms with Gasteiger partial charge in [0.15, 0.2) is 0 Å². The first-order valence-electron chi connectivity index (χ1n) is 8.46. The van der Waals surface area contributed by atoms with Crippen molar-refractivity contribution in [3.63, 3.8) is 0 Å². The number of aliphatic carboxylic acids is 1. The molecule has 1 atom stereocenters. The molecule has 132 valence electrons. The van der Waals surface area contributed by atoms with Gasteiger partial charge in [-0.2, -0.15) is 0 Å². The van der Waals surface area contributed by atoms with Gasteiger partial charge in [-0.25, -0.2) is 0 Å². The third-order valence-electron chi connectivity index (χ3n) is 5.12. The molecule has 1 saturated heterocycles. The Kier molecular flexibility index (Phi) is 4.69. The van der Waals surface area contributed by atoms with Crippen molar-refractivity contribution in [1.82, 2.24) is 9.88 Å². The number of amides is 1. The summed E-state index contributed by atoms with van der Waals surface area (Å²) in [6.45, 7) is 4.52. The molecule has 25 heavy (non-hydrogen) atoms. The molecule has 0 spiro atoms. The molecule has 6 heteroatoms. The van der Waals surface area contributed by atoms with Crippen molar-refractivity contribution in [2.75, 3.05) is 13.1 Å². The topological polar surface area (TPSA) is 70.5 Å². The van der Waals surface area contributed by atoms with E-state index >= 15 is 0 Å². The van der Waals surface area contributed by atoms with Crippen LogP contribution in [0.1, 0.15) is 42.2 Å². The van der Waals surface area contributed by atoms with Crippen LogP contribution in [0, 0.1) is 12.3 Å². The van der Waals surface area contributed by atoms with Crippen LogP contribution in [0.5, 0.6) is 0 Å². The van der Waals surface area contributed by atoms with Gasteiger partial charge in [-0.05, 0) is 44.4 Å². The Morgan fingerprint density at radius 2 is 2.12 bits per heavy atom. The van der Waals surface area contributed by atoms with Gasteiger partial charge in [0.05, 0.1) is 16.5 Å². The van der Waals surface area contributed by atoms with E-state index in [2.05, 4.69) is 4.98 Å². The molecule has 0 bridgehead atoms. The Morgan fingerprint density at radius 1 is 1.36 bits per heavy atom. The fraction of sp³-hybridized carbons (Fsp3) is 0.421. The quantitative estimate of drug-likeness (QED) is 0.900. The molecule has 1 N–H and O–H groups in total. The molecule has 1 aliphatic rings. The van der Waals surface area contributed by atoms with Crippen LogP contribution >= 0.6 is 11.6 Å². The number of carbonyl (C=O) groups is 2. The summed E-state index contributed by atoms with van der Waals surface area (Å²) in [5, 5.41) is 10.9. The second kappa shape index (κ2) is 6.64.